The van der Waals surface area contributed by atoms with Crippen LogP contribution in [0, 0.1) is 20.8 Å². The lowest BCUT2D eigenvalue weighted by Crippen LogP contribution is -2.20. The highest BCUT2D eigenvalue weighted by Crippen LogP contribution is 2.25. The van der Waals surface area contributed by atoms with Gasteiger partial charge in [0.1, 0.15) is 0 Å². The van der Waals surface area contributed by atoms with Crippen molar-refractivity contribution in [2.24, 2.45) is 29.5 Å². The predicted molar refractivity (Wildman–Crippen MR) is 75.1 cm³/mol. The quantitative estimate of drug-likeness (QED) is 0.586. The molecular formula is C14H19N5. The molecule has 5 heteroatoms. The van der Waals surface area contributed by atoms with E-state index in [0.717, 1.165) is 22.4 Å². The Hall–Kier alpha value is -2.17. The van der Waals surface area contributed by atoms with E-state index >= 15 is 0 Å². The highest BCUT2D eigenvalue weighted by atomic mass is 15.4. The molecule has 1 heterocycles. The van der Waals surface area contributed by atoms with Gasteiger partial charge in [0.15, 0.2) is 0 Å². The molecule has 5 nitrogen and oxygen atoms in total. The number of aryl methyl sites for hydroxylation is 5. The van der Waals surface area contributed by atoms with Gasteiger partial charge in [-0.25, -0.2) is 0 Å². The first-order valence-corrected chi connectivity index (χ1v) is 6.19. The molecule has 0 aliphatic heterocycles. The van der Waals surface area contributed by atoms with Crippen molar-refractivity contribution in [2.45, 2.75) is 20.8 Å². The summed E-state index contributed by atoms with van der Waals surface area (Å²) in [5.74, 6) is 0. The smallest absolute Gasteiger partial charge is 0.231 e. The van der Waals surface area contributed by atoms with Gasteiger partial charge in [-0.05, 0) is 37.1 Å². The Balaban J connectivity index is 2.38. The van der Waals surface area contributed by atoms with Crippen molar-refractivity contribution < 1.29 is 0 Å². The first-order valence-electron chi connectivity index (χ1n) is 6.19. The Kier molecular flexibility index (Phi) is 3.64. The van der Waals surface area contributed by atoms with Gasteiger partial charge in [0.2, 0.25) is 5.62 Å². The predicted octanol–water partition coefficient (Wildman–Crippen LogP) is 2.89. The van der Waals surface area contributed by atoms with E-state index in [1.165, 1.54) is 5.56 Å². The number of benzene rings is 1. The van der Waals surface area contributed by atoms with Crippen LogP contribution in [-0.4, -0.2) is 9.13 Å². The first kappa shape index (κ1) is 13.3. The SMILES string of the molecule is Cc1cc(C)c(N=NN=c2n(C)ccn2C)c(C)c1. The van der Waals surface area contributed by atoms with Gasteiger partial charge in [0.05, 0.1) is 5.69 Å². The second-order valence-corrected chi connectivity index (χ2v) is 4.86. The number of aromatic nitrogens is 2. The fourth-order valence-electron chi connectivity index (χ4n) is 2.16. The zero-order chi connectivity index (χ0) is 14.0. The van der Waals surface area contributed by atoms with Crippen molar-refractivity contribution in [1.29, 1.82) is 0 Å². The summed E-state index contributed by atoms with van der Waals surface area (Å²) in [5.41, 5.74) is 5.12. The van der Waals surface area contributed by atoms with E-state index in [1.807, 2.05) is 49.5 Å². The fraction of sp³-hybridized carbons (Fsp3) is 0.357. The third-order valence-corrected chi connectivity index (χ3v) is 3.06. The van der Waals surface area contributed by atoms with Gasteiger partial charge >= 0.3 is 0 Å². The lowest BCUT2D eigenvalue weighted by Gasteiger charge is -2.04. The second-order valence-electron chi connectivity index (χ2n) is 4.86. The van der Waals surface area contributed by atoms with Crippen LogP contribution in [0.4, 0.5) is 5.69 Å². The third-order valence-electron chi connectivity index (χ3n) is 3.06. The highest BCUT2D eigenvalue weighted by molar-refractivity contribution is 5.53. The van der Waals surface area contributed by atoms with Crippen LogP contribution in [0.15, 0.2) is 40.0 Å². The molecule has 0 fully saturated rings. The number of hydrogen-bond acceptors (Lipinski definition) is 2. The number of imidazole rings is 1. The molecule has 100 valence electrons. The van der Waals surface area contributed by atoms with E-state index < -0.39 is 0 Å². The maximum absolute atomic E-state index is 4.24. The zero-order valence-corrected chi connectivity index (χ0v) is 12.0. The van der Waals surface area contributed by atoms with Crippen LogP contribution in [0.5, 0.6) is 0 Å². The molecule has 0 aliphatic rings. The Labute approximate surface area is 112 Å². The molecule has 1 aromatic carbocycles. The summed E-state index contributed by atoms with van der Waals surface area (Å²) in [7, 11) is 3.85. The normalized spacial score (nSPS) is 11.2. The lowest BCUT2D eigenvalue weighted by atomic mass is 10.1. The van der Waals surface area contributed by atoms with Crippen LogP contribution in [0.25, 0.3) is 0 Å². The largest absolute Gasteiger partial charge is 0.319 e. The average molecular weight is 257 g/mol. The summed E-state index contributed by atoms with van der Waals surface area (Å²) in [6, 6.07) is 4.20. The van der Waals surface area contributed by atoms with Gasteiger partial charge < -0.3 is 9.13 Å². The van der Waals surface area contributed by atoms with E-state index in [-0.39, 0.29) is 0 Å². The van der Waals surface area contributed by atoms with Crippen LogP contribution < -0.4 is 5.62 Å². The van der Waals surface area contributed by atoms with Gasteiger partial charge in [-0.3, -0.25) is 0 Å². The van der Waals surface area contributed by atoms with Crippen molar-refractivity contribution in [3.63, 3.8) is 0 Å². The molecule has 0 spiro atoms. The molecule has 0 unspecified atom stereocenters. The van der Waals surface area contributed by atoms with Gasteiger partial charge in [-0.2, -0.15) is 0 Å². The molecule has 2 aromatic rings. The van der Waals surface area contributed by atoms with E-state index in [1.54, 1.807) is 0 Å². The number of rotatable bonds is 2. The van der Waals surface area contributed by atoms with E-state index in [9.17, 15) is 0 Å². The minimum atomic E-state index is 0.756. The minimum Gasteiger partial charge on any atom is -0.319 e. The average Bonchev–Trinajstić information content (AvgIpc) is 2.63. The van der Waals surface area contributed by atoms with E-state index in [4.69, 9.17) is 0 Å². The van der Waals surface area contributed by atoms with Crippen LogP contribution in [-0.2, 0) is 14.1 Å². The van der Waals surface area contributed by atoms with E-state index in [0.29, 0.717) is 0 Å². The number of hydrogen-bond donors (Lipinski definition) is 0. The molecule has 1 aromatic heterocycles. The molecule has 0 saturated heterocycles. The highest BCUT2D eigenvalue weighted by Gasteiger charge is 2.02. The monoisotopic (exact) mass is 257 g/mol. The number of nitrogens with zero attached hydrogens (tertiary/aromatic N) is 5. The molecule has 0 bridgehead atoms. The Morgan fingerprint density at radius 2 is 1.42 bits per heavy atom. The topological polar surface area (TPSA) is 46.9 Å². The molecule has 0 radical (unpaired) electrons. The fourth-order valence-corrected chi connectivity index (χ4v) is 2.16. The van der Waals surface area contributed by atoms with E-state index in [2.05, 4.69) is 34.5 Å². The van der Waals surface area contributed by atoms with Gasteiger partial charge in [-0.15, -0.1) is 5.11 Å². The van der Waals surface area contributed by atoms with Gasteiger partial charge in [-0.1, -0.05) is 22.8 Å². The molecule has 0 aliphatic carbocycles. The summed E-state index contributed by atoms with van der Waals surface area (Å²) in [6.45, 7) is 6.16. The standard InChI is InChI=1S/C14H19N5/c1-10-8-11(2)13(12(3)9-10)15-17-16-14-18(4)6-7-19(14)5/h6-9H,1-5H3. The zero-order valence-electron chi connectivity index (χ0n) is 12.0. The Bertz CT molecular complexity index is 643. The molecule has 0 atom stereocenters. The maximum Gasteiger partial charge on any atom is 0.231 e. The van der Waals surface area contributed by atoms with Crippen molar-refractivity contribution in [1.82, 2.24) is 9.13 Å². The summed E-state index contributed by atoms with van der Waals surface area (Å²) in [5, 5.41) is 12.4. The van der Waals surface area contributed by atoms with Crippen molar-refractivity contribution in [2.75, 3.05) is 0 Å². The molecule has 0 N–H and O–H groups in total. The Morgan fingerprint density at radius 1 is 0.895 bits per heavy atom. The molecular weight excluding hydrogens is 238 g/mol. The molecule has 0 saturated carbocycles. The summed E-state index contributed by atoms with van der Waals surface area (Å²) in [6.07, 6.45) is 3.85. The summed E-state index contributed by atoms with van der Waals surface area (Å²) >= 11 is 0. The van der Waals surface area contributed by atoms with Crippen LogP contribution >= 0.6 is 0 Å². The summed E-state index contributed by atoms with van der Waals surface area (Å²) < 4.78 is 3.79. The van der Waals surface area contributed by atoms with Crippen LogP contribution in [0.3, 0.4) is 0 Å². The third kappa shape index (κ3) is 2.81. The van der Waals surface area contributed by atoms with Crippen LogP contribution in [0.2, 0.25) is 0 Å². The first-order chi connectivity index (χ1) is 8.99. The van der Waals surface area contributed by atoms with Gasteiger partial charge in [0, 0.05) is 26.5 Å². The molecule has 0 amide bonds. The van der Waals surface area contributed by atoms with Crippen molar-refractivity contribution >= 4 is 5.69 Å². The van der Waals surface area contributed by atoms with Crippen LogP contribution in [0.1, 0.15) is 16.7 Å². The molecule has 2 rings (SSSR count). The Morgan fingerprint density at radius 3 is 1.95 bits per heavy atom. The summed E-state index contributed by atoms with van der Waals surface area (Å²) in [4.78, 5) is 0. The molecule has 19 heavy (non-hydrogen) atoms. The lowest BCUT2D eigenvalue weighted by molar-refractivity contribution is 0.718. The van der Waals surface area contributed by atoms with Crippen molar-refractivity contribution in [3.05, 3.63) is 46.8 Å². The second kappa shape index (κ2) is 5.22. The van der Waals surface area contributed by atoms with Gasteiger partial charge in [0.25, 0.3) is 0 Å². The maximum atomic E-state index is 4.24. The van der Waals surface area contributed by atoms with Crippen molar-refractivity contribution in [3.8, 4) is 0 Å². The minimum absolute atomic E-state index is 0.756.